The number of carbonyl (C=O) groups is 2. The first-order chi connectivity index (χ1) is 17.0. The number of piperidine rings is 1. The van der Waals surface area contributed by atoms with Crippen molar-refractivity contribution >= 4 is 22.6 Å². The molecule has 0 atom stereocenters. The smallest absolute Gasteiger partial charge is 0.254 e. The molecule has 0 aliphatic carbocycles. The first kappa shape index (κ1) is 22.8. The number of hydrogen-bond acceptors (Lipinski definition) is 3. The van der Waals surface area contributed by atoms with Crippen LogP contribution in [0.4, 0.5) is 0 Å². The van der Waals surface area contributed by atoms with Gasteiger partial charge in [-0.25, -0.2) is 4.68 Å². The largest absolute Gasteiger partial charge is 0.352 e. The molecule has 0 saturated carbocycles. The Morgan fingerprint density at radius 1 is 0.914 bits per heavy atom. The summed E-state index contributed by atoms with van der Waals surface area (Å²) in [6.45, 7) is 5.64. The minimum Gasteiger partial charge on any atom is -0.352 e. The van der Waals surface area contributed by atoms with Crippen molar-refractivity contribution in [3.05, 3.63) is 95.3 Å². The number of aromatic nitrogens is 2. The summed E-state index contributed by atoms with van der Waals surface area (Å²) in [5.74, 6) is 0.00472. The average Bonchev–Trinajstić information content (AvgIpc) is 3.20. The third-order valence-corrected chi connectivity index (χ3v) is 7.05. The lowest BCUT2D eigenvalue weighted by Gasteiger charge is -2.31. The molecule has 0 spiro atoms. The maximum absolute atomic E-state index is 13.2. The summed E-state index contributed by atoms with van der Waals surface area (Å²) in [5.41, 5.74) is 4.73. The van der Waals surface area contributed by atoms with Crippen LogP contribution in [-0.4, -0.2) is 39.6 Å². The Balaban J connectivity index is 1.20. The average molecular weight is 467 g/mol. The molecule has 1 fully saturated rings. The van der Waals surface area contributed by atoms with Crippen LogP contribution in [0.15, 0.2) is 72.8 Å². The number of amides is 2. The Morgan fingerprint density at radius 3 is 2.37 bits per heavy atom. The maximum atomic E-state index is 13.2. The maximum Gasteiger partial charge on any atom is 0.254 e. The van der Waals surface area contributed by atoms with E-state index in [1.807, 2.05) is 96.2 Å². The van der Waals surface area contributed by atoms with Crippen molar-refractivity contribution in [2.24, 2.45) is 5.92 Å². The van der Waals surface area contributed by atoms with Gasteiger partial charge < -0.3 is 10.2 Å². The standard InChI is InChI=1S/C29H30N4O2/c1-20-27(21(2)33(31-20)24-11-4-3-5-12-24)19-30-28(34)23-15-17-32(18-16-23)29(35)26-14-8-10-22-9-6-7-13-25(22)26/h3-14,23H,15-19H2,1-2H3,(H,30,34). The van der Waals surface area contributed by atoms with Gasteiger partial charge in [0, 0.05) is 42.4 Å². The summed E-state index contributed by atoms with van der Waals surface area (Å²) in [6, 6.07) is 23.8. The Morgan fingerprint density at radius 2 is 1.60 bits per heavy atom. The minimum atomic E-state index is -0.0867. The second kappa shape index (κ2) is 9.74. The summed E-state index contributed by atoms with van der Waals surface area (Å²) in [6.07, 6.45) is 1.34. The molecule has 1 aliphatic heterocycles. The van der Waals surface area contributed by atoms with E-state index in [9.17, 15) is 9.59 Å². The van der Waals surface area contributed by atoms with Gasteiger partial charge in [-0.2, -0.15) is 5.10 Å². The fraction of sp³-hybridized carbons (Fsp3) is 0.276. The first-order valence-electron chi connectivity index (χ1n) is 12.2. The number of fused-ring (bicyclic) bond motifs is 1. The quantitative estimate of drug-likeness (QED) is 0.459. The van der Waals surface area contributed by atoms with Gasteiger partial charge in [-0.3, -0.25) is 9.59 Å². The topological polar surface area (TPSA) is 67.2 Å². The van der Waals surface area contributed by atoms with Gasteiger partial charge in [0.25, 0.3) is 5.91 Å². The molecule has 2 amide bonds. The molecule has 6 nitrogen and oxygen atoms in total. The van der Waals surface area contributed by atoms with Gasteiger partial charge >= 0.3 is 0 Å². The van der Waals surface area contributed by atoms with Crippen LogP contribution < -0.4 is 5.32 Å². The Kier molecular flexibility index (Phi) is 6.36. The van der Waals surface area contributed by atoms with E-state index in [0.717, 1.165) is 39.0 Å². The highest BCUT2D eigenvalue weighted by Gasteiger charge is 2.28. The lowest BCUT2D eigenvalue weighted by atomic mass is 9.94. The highest BCUT2D eigenvalue weighted by atomic mass is 16.2. The van der Waals surface area contributed by atoms with Crippen molar-refractivity contribution in [2.75, 3.05) is 13.1 Å². The third kappa shape index (κ3) is 4.56. The number of nitrogens with zero attached hydrogens (tertiary/aromatic N) is 3. The van der Waals surface area contributed by atoms with Crippen LogP contribution in [0.5, 0.6) is 0 Å². The molecular weight excluding hydrogens is 436 g/mol. The summed E-state index contributed by atoms with van der Waals surface area (Å²) < 4.78 is 1.92. The molecule has 4 aromatic rings. The predicted octanol–water partition coefficient (Wildman–Crippen LogP) is 4.81. The molecule has 35 heavy (non-hydrogen) atoms. The molecule has 5 rings (SSSR count). The van der Waals surface area contributed by atoms with Crippen molar-refractivity contribution in [2.45, 2.75) is 33.2 Å². The Labute approximate surface area is 205 Å². The van der Waals surface area contributed by atoms with Gasteiger partial charge in [0.05, 0.1) is 11.4 Å². The van der Waals surface area contributed by atoms with Gasteiger partial charge in [-0.05, 0) is 55.7 Å². The molecule has 1 saturated heterocycles. The van der Waals surface area contributed by atoms with E-state index in [4.69, 9.17) is 0 Å². The van der Waals surface area contributed by atoms with E-state index in [0.29, 0.717) is 32.5 Å². The van der Waals surface area contributed by atoms with E-state index in [1.54, 1.807) is 0 Å². The van der Waals surface area contributed by atoms with Crippen LogP contribution >= 0.6 is 0 Å². The van der Waals surface area contributed by atoms with Crippen molar-refractivity contribution in [1.82, 2.24) is 20.0 Å². The molecule has 6 heteroatoms. The van der Waals surface area contributed by atoms with E-state index in [2.05, 4.69) is 10.4 Å². The molecule has 0 unspecified atom stereocenters. The van der Waals surface area contributed by atoms with E-state index < -0.39 is 0 Å². The Hall–Kier alpha value is -3.93. The van der Waals surface area contributed by atoms with E-state index in [-0.39, 0.29) is 17.7 Å². The van der Waals surface area contributed by atoms with Crippen LogP contribution in [0.1, 0.15) is 40.2 Å². The number of benzene rings is 3. The van der Waals surface area contributed by atoms with Gasteiger partial charge in [-0.1, -0.05) is 54.6 Å². The molecule has 1 N–H and O–H groups in total. The minimum absolute atomic E-state index is 0.0419. The first-order valence-corrected chi connectivity index (χ1v) is 12.2. The number of likely N-dealkylation sites (tertiary alicyclic amines) is 1. The number of carbonyl (C=O) groups excluding carboxylic acids is 2. The van der Waals surface area contributed by atoms with Gasteiger partial charge in [0.1, 0.15) is 0 Å². The monoisotopic (exact) mass is 466 g/mol. The second-order valence-electron chi connectivity index (χ2n) is 9.21. The predicted molar refractivity (Wildman–Crippen MR) is 137 cm³/mol. The number of para-hydroxylation sites is 1. The number of nitrogens with one attached hydrogen (secondary N) is 1. The molecule has 2 heterocycles. The number of hydrogen-bond donors (Lipinski definition) is 1. The van der Waals surface area contributed by atoms with Crippen molar-refractivity contribution < 1.29 is 9.59 Å². The Bertz CT molecular complexity index is 1360. The van der Waals surface area contributed by atoms with Crippen molar-refractivity contribution in [1.29, 1.82) is 0 Å². The zero-order valence-electron chi connectivity index (χ0n) is 20.2. The third-order valence-electron chi connectivity index (χ3n) is 7.05. The molecule has 0 bridgehead atoms. The molecular formula is C29H30N4O2. The second-order valence-corrected chi connectivity index (χ2v) is 9.21. The lowest BCUT2D eigenvalue weighted by molar-refractivity contribution is -0.126. The molecule has 3 aromatic carbocycles. The van der Waals surface area contributed by atoms with Gasteiger partial charge in [0.15, 0.2) is 0 Å². The highest BCUT2D eigenvalue weighted by molar-refractivity contribution is 6.07. The molecule has 178 valence electrons. The van der Waals surface area contributed by atoms with Crippen LogP contribution in [-0.2, 0) is 11.3 Å². The molecule has 0 radical (unpaired) electrons. The van der Waals surface area contributed by atoms with E-state index >= 15 is 0 Å². The highest BCUT2D eigenvalue weighted by Crippen LogP contribution is 2.24. The van der Waals surface area contributed by atoms with Crippen LogP contribution in [0.2, 0.25) is 0 Å². The summed E-state index contributed by atoms with van der Waals surface area (Å²) >= 11 is 0. The number of aryl methyl sites for hydroxylation is 1. The summed E-state index contributed by atoms with van der Waals surface area (Å²) in [5, 5.41) is 9.83. The SMILES string of the molecule is Cc1nn(-c2ccccc2)c(C)c1CNC(=O)C1CCN(C(=O)c2cccc3ccccc23)CC1. The van der Waals surface area contributed by atoms with E-state index in [1.165, 1.54) is 0 Å². The van der Waals surface area contributed by atoms with Gasteiger partial charge in [0.2, 0.25) is 5.91 Å². The van der Waals surface area contributed by atoms with Gasteiger partial charge in [-0.15, -0.1) is 0 Å². The van der Waals surface area contributed by atoms with Crippen LogP contribution in [0, 0.1) is 19.8 Å². The fourth-order valence-corrected chi connectivity index (χ4v) is 5.00. The van der Waals surface area contributed by atoms with Crippen LogP contribution in [0.3, 0.4) is 0 Å². The zero-order chi connectivity index (χ0) is 24.4. The van der Waals surface area contributed by atoms with Crippen molar-refractivity contribution in [3.8, 4) is 5.69 Å². The zero-order valence-corrected chi connectivity index (χ0v) is 20.2. The summed E-state index contributed by atoms with van der Waals surface area (Å²) in [4.78, 5) is 28.0. The number of rotatable bonds is 5. The molecule has 1 aliphatic rings. The fourth-order valence-electron chi connectivity index (χ4n) is 5.00. The normalized spacial score (nSPS) is 14.3. The van der Waals surface area contributed by atoms with Crippen molar-refractivity contribution in [3.63, 3.8) is 0 Å². The van der Waals surface area contributed by atoms with Crippen LogP contribution in [0.25, 0.3) is 16.5 Å². The summed E-state index contributed by atoms with van der Waals surface area (Å²) in [7, 11) is 0. The molecule has 1 aromatic heterocycles. The lowest BCUT2D eigenvalue weighted by Crippen LogP contribution is -2.43.